The number of nitrogens with zero attached hydrogens (tertiary/aromatic N) is 4. The first kappa shape index (κ1) is 20.5. The number of hydrogen-bond acceptors (Lipinski definition) is 7. The van der Waals surface area contributed by atoms with E-state index < -0.39 is 10.0 Å². The van der Waals surface area contributed by atoms with Gasteiger partial charge in [-0.1, -0.05) is 18.2 Å². The predicted molar refractivity (Wildman–Crippen MR) is 123 cm³/mol. The van der Waals surface area contributed by atoms with E-state index in [-0.39, 0.29) is 10.7 Å². The first-order valence-corrected chi connectivity index (χ1v) is 11.9. The van der Waals surface area contributed by atoms with Crippen molar-refractivity contribution in [2.45, 2.75) is 11.4 Å². The Morgan fingerprint density at radius 1 is 0.969 bits per heavy atom. The molecule has 1 aliphatic heterocycles. The summed E-state index contributed by atoms with van der Waals surface area (Å²) in [4.78, 5) is 12.5. The average molecular weight is 450 g/mol. The van der Waals surface area contributed by atoms with Crippen LogP contribution in [0.15, 0.2) is 82.5 Å². The zero-order valence-electron chi connectivity index (χ0n) is 17.4. The van der Waals surface area contributed by atoms with Gasteiger partial charge >= 0.3 is 0 Å². The minimum atomic E-state index is -3.69. The summed E-state index contributed by atoms with van der Waals surface area (Å²) in [5.74, 6) is 1.22. The fourth-order valence-corrected chi connectivity index (χ4v) is 4.89. The van der Waals surface area contributed by atoms with Crippen LogP contribution in [0.25, 0.3) is 11.0 Å². The Morgan fingerprint density at radius 2 is 1.75 bits per heavy atom. The first-order chi connectivity index (χ1) is 15.6. The Morgan fingerprint density at radius 3 is 2.47 bits per heavy atom. The normalized spacial score (nSPS) is 15.2. The summed E-state index contributed by atoms with van der Waals surface area (Å²) in [6, 6.07) is 18.6. The number of rotatable bonds is 6. The lowest BCUT2D eigenvalue weighted by Gasteiger charge is -2.35. The van der Waals surface area contributed by atoms with Crippen LogP contribution < -0.4 is 9.62 Å². The lowest BCUT2D eigenvalue weighted by Crippen LogP contribution is -2.45. The minimum Gasteiger partial charge on any atom is -0.460 e. The van der Waals surface area contributed by atoms with Gasteiger partial charge in [-0.15, -0.1) is 0 Å². The van der Waals surface area contributed by atoms with E-state index in [4.69, 9.17) is 4.42 Å². The van der Waals surface area contributed by atoms with Gasteiger partial charge in [0.1, 0.15) is 23.5 Å². The Bertz CT molecular complexity index is 1270. The molecule has 0 atom stereocenters. The van der Waals surface area contributed by atoms with Crippen LogP contribution in [0, 0.1) is 0 Å². The van der Waals surface area contributed by atoms with Gasteiger partial charge in [0.25, 0.3) is 10.0 Å². The molecule has 0 saturated carbocycles. The third-order valence-electron chi connectivity index (χ3n) is 5.56. The molecule has 9 heteroatoms. The third kappa shape index (κ3) is 4.44. The van der Waals surface area contributed by atoms with Crippen molar-refractivity contribution in [3.8, 4) is 0 Å². The van der Waals surface area contributed by atoms with Crippen molar-refractivity contribution in [3.63, 3.8) is 0 Å². The molecular weight excluding hydrogens is 426 g/mol. The molecule has 5 rings (SSSR count). The number of hydrogen-bond donors (Lipinski definition) is 1. The van der Waals surface area contributed by atoms with Gasteiger partial charge in [-0.05, 0) is 42.5 Å². The Hall–Kier alpha value is -3.43. The largest absolute Gasteiger partial charge is 0.460 e. The van der Waals surface area contributed by atoms with Gasteiger partial charge in [-0.3, -0.25) is 9.62 Å². The summed E-state index contributed by atoms with van der Waals surface area (Å²) < 4.78 is 33.5. The van der Waals surface area contributed by atoms with E-state index in [1.54, 1.807) is 12.1 Å². The van der Waals surface area contributed by atoms with Crippen LogP contribution in [-0.2, 0) is 16.6 Å². The molecule has 0 radical (unpaired) electrons. The van der Waals surface area contributed by atoms with Crippen LogP contribution in [0.1, 0.15) is 5.76 Å². The summed E-state index contributed by atoms with van der Waals surface area (Å²) in [5.41, 5.74) is 1.93. The van der Waals surface area contributed by atoms with E-state index in [2.05, 4.69) is 36.6 Å². The van der Waals surface area contributed by atoms with E-state index in [9.17, 15) is 8.42 Å². The van der Waals surface area contributed by atoms with E-state index in [0.29, 0.717) is 0 Å². The maximum Gasteiger partial charge on any atom is 0.263 e. The van der Waals surface area contributed by atoms with Crippen molar-refractivity contribution in [1.29, 1.82) is 0 Å². The molecule has 0 aliphatic carbocycles. The fourth-order valence-electron chi connectivity index (χ4n) is 3.88. The molecule has 8 nitrogen and oxygen atoms in total. The van der Waals surface area contributed by atoms with Gasteiger partial charge < -0.3 is 9.32 Å². The number of piperazine rings is 1. The molecular formula is C23H23N5O3S. The molecule has 0 spiro atoms. The Balaban J connectivity index is 1.19. The number of benzene rings is 2. The number of sulfonamides is 1. The molecule has 2 aromatic carbocycles. The second-order valence-corrected chi connectivity index (χ2v) is 9.39. The molecule has 4 aromatic rings. The van der Waals surface area contributed by atoms with Crippen LogP contribution in [0.3, 0.4) is 0 Å². The fraction of sp³-hybridized carbons (Fsp3) is 0.217. The topological polar surface area (TPSA) is 91.6 Å². The van der Waals surface area contributed by atoms with Crippen molar-refractivity contribution in [2.75, 3.05) is 35.8 Å². The van der Waals surface area contributed by atoms with Crippen molar-refractivity contribution in [3.05, 3.63) is 78.9 Å². The van der Waals surface area contributed by atoms with Crippen LogP contribution in [0.4, 0.5) is 11.5 Å². The van der Waals surface area contributed by atoms with Crippen molar-refractivity contribution in [1.82, 2.24) is 14.9 Å². The standard InChI is InChI=1S/C23H23N5O3S/c29-32(30,26-23-9-10-24-17-25-23)21-7-5-19(6-8-21)28-13-11-27(12-14-28)16-20-15-18-3-1-2-4-22(18)31-20/h1-10,15,17H,11-14,16H2,(H,24,25,26). The minimum absolute atomic E-state index is 0.198. The first-order valence-electron chi connectivity index (χ1n) is 10.4. The van der Waals surface area contributed by atoms with E-state index in [1.165, 1.54) is 18.6 Å². The SMILES string of the molecule is O=S(=O)(Nc1ccncn1)c1ccc(N2CCN(Cc3cc4ccccc4o3)CC2)cc1. The maximum atomic E-state index is 12.6. The highest BCUT2D eigenvalue weighted by Gasteiger charge is 2.20. The summed E-state index contributed by atoms with van der Waals surface area (Å²) in [5, 5.41) is 1.13. The molecule has 164 valence electrons. The second-order valence-electron chi connectivity index (χ2n) is 7.71. The molecule has 2 aromatic heterocycles. The van der Waals surface area contributed by atoms with E-state index in [0.717, 1.165) is 55.1 Å². The van der Waals surface area contributed by atoms with Gasteiger partial charge in [-0.2, -0.15) is 0 Å². The molecule has 1 fully saturated rings. The Labute approximate surface area is 186 Å². The molecule has 0 amide bonds. The van der Waals surface area contributed by atoms with Crippen LogP contribution in [0.2, 0.25) is 0 Å². The second kappa shape index (κ2) is 8.60. The molecule has 0 unspecified atom stereocenters. The van der Waals surface area contributed by atoms with Crippen molar-refractivity contribution in [2.24, 2.45) is 0 Å². The molecule has 1 N–H and O–H groups in total. The summed E-state index contributed by atoms with van der Waals surface area (Å²) in [6.07, 6.45) is 2.79. The van der Waals surface area contributed by atoms with Crippen LogP contribution >= 0.6 is 0 Å². The molecule has 32 heavy (non-hydrogen) atoms. The van der Waals surface area contributed by atoms with E-state index >= 15 is 0 Å². The molecule has 1 saturated heterocycles. The highest BCUT2D eigenvalue weighted by Crippen LogP contribution is 2.23. The summed E-state index contributed by atoms with van der Waals surface area (Å²) in [6.45, 7) is 4.34. The zero-order valence-corrected chi connectivity index (χ0v) is 18.2. The molecule has 0 bridgehead atoms. The highest BCUT2D eigenvalue weighted by atomic mass is 32.2. The quantitative estimate of drug-likeness (QED) is 0.483. The lowest BCUT2D eigenvalue weighted by atomic mass is 10.2. The average Bonchev–Trinajstić information content (AvgIpc) is 3.22. The van der Waals surface area contributed by atoms with Gasteiger partial charge in [0.2, 0.25) is 0 Å². The summed E-state index contributed by atoms with van der Waals surface area (Å²) >= 11 is 0. The number of furan rings is 1. The van der Waals surface area contributed by atoms with Gasteiger partial charge in [0.05, 0.1) is 11.4 Å². The monoisotopic (exact) mass is 449 g/mol. The molecule has 1 aliphatic rings. The van der Waals surface area contributed by atoms with E-state index in [1.807, 2.05) is 30.3 Å². The van der Waals surface area contributed by atoms with Gasteiger partial charge in [0, 0.05) is 43.4 Å². The number of aromatic nitrogens is 2. The van der Waals surface area contributed by atoms with Gasteiger partial charge in [0.15, 0.2) is 0 Å². The highest BCUT2D eigenvalue weighted by molar-refractivity contribution is 7.92. The predicted octanol–water partition coefficient (Wildman–Crippen LogP) is 3.35. The lowest BCUT2D eigenvalue weighted by molar-refractivity contribution is 0.233. The third-order valence-corrected chi connectivity index (χ3v) is 6.93. The van der Waals surface area contributed by atoms with Crippen LogP contribution in [-0.4, -0.2) is 49.5 Å². The maximum absolute atomic E-state index is 12.6. The zero-order chi connectivity index (χ0) is 22.0. The van der Waals surface area contributed by atoms with Crippen molar-refractivity contribution < 1.29 is 12.8 Å². The van der Waals surface area contributed by atoms with Crippen LogP contribution in [0.5, 0.6) is 0 Å². The number of nitrogens with one attached hydrogen (secondary N) is 1. The smallest absolute Gasteiger partial charge is 0.263 e. The number of para-hydroxylation sites is 1. The Kier molecular flexibility index (Phi) is 5.50. The van der Waals surface area contributed by atoms with Gasteiger partial charge in [-0.25, -0.2) is 18.4 Å². The molecule has 3 heterocycles. The summed E-state index contributed by atoms with van der Waals surface area (Å²) in [7, 11) is -3.69. The van der Waals surface area contributed by atoms with Crippen molar-refractivity contribution >= 4 is 32.5 Å². The number of anilines is 2. The number of fused-ring (bicyclic) bond motifs is 1.